The molecule has 0 fully saturated rings. The molecule has 0 atom stereocenters. The second-order valence-electron chi connectivity index (χ2n) is 6.27. The number of nitrogens with zero attached hydrogens (tertiary/aromatic N) is 2. The summed E-state index contributed by atoms with van der Waals surface area (Å²) in [5.74, 6) is 1.02. The Morgan fingerprint density at radius 3 is 2.77 bits per heavy atom. The zero-order valence-electron chi connectivity index (χ0n) is 16.4. The molecule has 2 aromatic carbocycles. The highest BCUT2D eigenvalue weighted by Crippen LogP contribution is 2.32. The van der Waals surface area contributed by atoms with Crippen molar-refractivity contribution in [2.24, 2.45) is 0 Å². The molecule has 0 N–H and O–H groups in total. The first-order valence-electron chi connectivity index (χ1n) is 9.12. The van der Waals surface area contributed by atoms with Crippen molar-refractivity contribution >= 4 is 51.0 Å². The molecule has 3 rings (SSSR count). The van der Waals surface area contributed by atoms with Crippen LogP contribution in [0.25, 0.3) is 6.08 Å². The highest BCUT2D eigenvalue weighted by atomic mass is 79.9. The van der Waals surface area contributed by atoms with Crippen LogP contribution in [0.1, 0.15) is 28.5 Å². The third-order valence-electron chi connectivity index (χ3n) is 4.36. The van der Waals surface area contributed by atoms with Gasteiger partial charge in [0.2, 0.25) is 5.78 Å². The largest absolute Gasteiger partial charge is 0.496 e. The number of carbonyl (C=O) groups is 1. The summed E-state index contributed by atoms with van der Waals surface area (Å²) in [6, 6.07) is 10.8. The van der Waals surface area contributed by atoms with Crippen LogP contribution in [-0.4, -0.2) is 22.7 Å². The number of carbonyl (C=O) groups excluding carboxylic acids is 1. The van der Waals surface area contributed by atoms with Crippen molar-refractivity contribution in [3.63, 3.8) is 0 Å². The van der Waals surface area contributed by atoms with Gasteiger partial charge in [-0.3, -0.25) is 9.48 Å². The van der Waals surface area contributed by atoms with E-state index in [2.05, 4.69) is 21.0 Å². The van der Waals surface area contributed by atoms with Gasteiger partial charge in [-0.15, -0.1) is 0 Å². The van der Waals surface area contributed by atoms with Crippen LogP contribution in [0.3, 0.4) is 0 Å². The zero-order valence-corrected chi connectivity index (χ0v) is 19.5. The number of ketones is 1. The second kappa shape index (κ2) is 10.2. The van der Waals surface area contributed by atoms with Crippen molar-refractivity contribution in [3.8, 4) is 11.5 Å². The Bertz CT molecular complexity index is 1100. The second-order valence-corrected chi connectivity index (χ2v) is 7.91. The quantitative estimate of drug-likeness (QED) is 0.258. The van der Waals surface area contributed by atoms with E-state index in [0.717, 1.165) is 11.1 Å². The molecular formula is C22H19BrCl2N2O3. The highest BCUT2D eigenvalue weighted by Gasteiger charge is 2.14. The van der Waals surface area contributed by atoms with Gasteiger partial charge in [0, 0.05) is 12.1 Å². The fourth-order valence-corrected chi connectivity index (χ4v) is 3.70. The molecule has 0 radical (unpaired) electrons. The van der Waals surface area contributed by atoms with E-state index >= 15 is 0 Å². The van der Waals surface area contributed by atoms with Crippen LogP contribution in [0.15, 0.2) is 53.1 Å². The summed E-state index contributed by atoms with van der Waals surface area (Å²) in [6.45, 7) is 2.77. The van der Waals surface area contributed by atoms with E-state index in [1.807, 2.05) is 25.1 Å². The number of aryl methyl sites for hydroxylation is 1. The van der Waals surface area contributed by atoms with Gasteiger partial charge in [0.25, 0.3) is 0 Å². The summed E-state index contributed by atoms with van der Waals surface area (Å²) >= 11 is 15.6. The standard InChI is InChI=1S/C22H19BrCl2N2O3/c1-3-27-22(16(23)12-26-27)18(28)9-7-14-8-10-19(29-2)15(11-14)13-30-20-6-4-5-17(24)21(20)25/h4-12H,3,13H2,1-2H3/b9-7+. The summed E-state index contributed by atoms with van der Waals surface area (Å²) in [7, 11) is 1.59. The van der Waals surface area contributed by atoms with E-state index < -0.39 is 0 Å². The van der Waals surface area contributed by atoms with Crippen molar-refractivity contribution in [1.29, 1.82) is 0 Å². The number of hydrogen-bond donors (Lipinski definition) is 0. The first-order chi connectivity index (χ1) is 14.4. The van der Waals surface area contributed by atoms with Crippen LogP contribution in [0.2, 0.25) is 10.0 Å². The minimum absolute atomic E-state index is 0.138. The topological polar surface area (TPSA) is 53.4 Å². The fourth-order valence-electron chi connectivity index (χ4n) is 2.86. The Kier molecular flexibility index (Phi) is 7.58. The molecule has 0 unspecified atom stereocenters. The third kappa shape index (κ3) is 5.06. The molecule has 0 bridgehead atoms. The number of rotatable bonds is 8. The van der Waals surface area contributed by atoms with Gasteiger partial charge in [-0.25, -0.2) is 0 Å². The van der Waals surface area contributed by atoms with E-state index in [-0.39, 0.29) is 12.4 Å². The van der Waals surface area contributed by atoms with Crippen LogP contribution < -0.4 is 9.47 Å². The number of halogens is 3. The van der Waals surface area contributed by atoms with E-state index in [4.69, 9.17) is 32.7 Å². The lowest BCUT2D eigenvalue weighted by molar-refractivity contribution is 0.103. The van der Waals surface area contributed by atoms with Crippen LogP contribution in [-0.2, 0) is 13.2 Å². The summed E-state index contributed by atoms with van der Waals surface area (Å²) in [5, 5.41) is 4.96. The summed E-state index contributed by atoms with van der Waals surface area (Å²) in [5.41, 5.74) is 2.16. The van der Waals surface area contributed by atoms with Crippen LogP contribution in [0, 0.1) is 0 Å². The average molecular weight is 510 g/mol. The SMILES string of the molecule is CCn1ncc(Br)c1C(=O)/C=C/c1ccc(OC)c(COc2cccc(Cl)c2Cl)c1. The molecule has 0 spiro atoms. The average Bonchev–Trinajstić information content (AvgIpc) is 3.13. The van der Waals surface area contributed by atoms with Crippen molar-refractivity contribution in [1.82, 2.24) is 9.78 Å². The Morgan fingerprint density at radius 2 is 2.03 bits per heavy atom. The number of ether oxygens (including phenoxy) is 2. The minimum Gasteiger partial charge on any atom is -0.496 e. The van der Waals surface area contributed by atoms with Crippen molar-refractivity contribution in [2.45, 2.75) is 20.1 Å². The number of benzene rings is 2. The van der Waals surface area contributed by atoms with Crippen LogP contribution in [0.4, 0.5) is 0 Å². The molecule has 1 aromatic heterocycles. The number of aromatic nitrogens is 2. The van der Waals surface area contributed by atoms with Crippen LogP contribution in [0.5, 0.6) is 11.5 Å². The van der Waals surface area contributed by atoms with Gasteiger partial charge in [0.05, 0.1) is 22.8 Å². The Hall–Kier alpha value is -2.28. The molecule has 0 saturated heterocycles. The summed E-state index contributed by atoms with van der Waals surface area (Å²) in [4.78, 5) is 12.6. The lowest BCUT2D eigenvalue weighted by Gasteiger charge is -2.12. The molecule has 156 valence electrons. The molecule has 8 heteroatoms. The van der Waals surface area contributed by atoms with E-state index in [0.29, 0.717) is 38.3 Å². The van der Waals surface area contributed by atoms with Crippen LogP contribution >= 0.6 is 39.1 Å². The highest BCUT2D eigenvalue weighted by molar-refractivity contribution is 9.10. The Balaban J connectivity index is 1.80. The first-order valence-corrected chi connectivity index (χ1v) is 10.7. The van der Waals surface area contributed by atoms with Gasteiger partial charge >= 0.3 is 0 Å². The monoisotopic (exact) mass is 508 g/mol. The summed E-state index contributed by atoms with van der Waals surface area (Å²) < 4.78 is 13.6. The Labute approximate surface area is 193 Å². The van der Waals surface area contributed by atoms with Gasteiger partial charge in [0.15, 0.2) is 0 Å². The maximum atomic E-state index is 12.6. The number of methoxy groups -OCH3 is 1. The molecular weight excluding hydrogens is 491 g/mol. The molecule has 0 aliphatic carbocycles. The molecule has 1 heterocycles. The summed E-state index contributed by atoms with van der Waals surface area (Å²) in [6.07, 6.45) is 4.89. The van der Waals surface area contributed by atoms with Gasteiger partial charge in [-0.2, -0.15) is 5.10 Å². The molecule has 5 nitrogen and oxygen atoms in total. The minimum atomic E-state index is -0.138. The fraction of sp³-hybridized carbons (Fsp3) is 0.182. The van der Waals surface area contributed by atoms with E-state index in [9.17, 15) is 4.79 Å². The first kappa shape index (κ1) is 22.4. The maximum Gasteiger partial charge on any atom is 0.205 e. The normalized spacial score (nSPS) is 11.1. The molecule has 3 aromatic rings. The third-order valence-corrected chi connectivity index (χ3v) is 5.74. The van der Waals surface area contributed by atoms with Gasteiger partial charge < -0.3 is 9.47 Å². The van der Waals surface area contributed by atoms with Crippen molar-refractivity contribution in [2.75, 3.05) is 7.11 Å². The predicted octanol–water partition coefficient (Wildman–Crippen LogP) is 6.46. The maximum absolute atomic E-state index is 12.6. The smallest absolute Gasteiger partial charge is 0.205 e. The van der Waals surface area contributed by atoms with Gasteiger partial charge in [-0.05, 0) is 58.8 Å². The van der Waals surface area contributed by atoms with Gasteiger partial charge in [0.1, 0.15) is 28.8 Å². The van der Waals surface area contributed by atoms with E-state index in [1.54, 1.807) is 42.3 Å². The lowest BCUT2D eigenvalue weighted by atomic mass is 10.1. The number of hydrogen-bond acceptors (Lipinski definition) is 4. The molecule has 0 saturated carbocycles. The molecule has 0 amide bonds. The molecule has 30 heavy (non-hydrogen) atoms. The predicted molar refractivity (Wildman–Crippen MR) is 123 cm³/mol. The van der Waals surface area contributed by atoms with E-state index in [1.165, 1.54) is 6.08 Å². The van der Waals surface area contributed by atoms with Crippen molar-refractivity contribution < 1.29 is 14.3 Å². The van der Waals surface area contributed by atoms with Crippen molar-refractivity contribution in [3.05, 3.63) is 80.0 Å². The zero-order chi connectivity index (χ0) is 21.7. The Morgan fingerprint density at radius 1 is 1.23 bits per heavy atom. The van der Waals surface area contributed by atoms with Gasteiger partial charge in [-0.1, -0.05) is 41.4 Å². The lowest BCUT2D eigenvalue weighted by Crippen LogP contribution is -2.07. The number of allylic oxidation sites excluding steroid dienone is 1. The molecule has 0 aliphatic rings. The molecule has 0 aliphatic heterocycles.